The third kappa shape index (κ3) is 3.70. The normalized spacial score (nSPS) is 16.8. The lowest BCUT2D eigenvalue weighted by Gasteiger charge is -2.34. The second-order valence-corrected chi connectivity index (χ2v) is 8.63. The number of benzene rings is 1. The molecule has 2 aromatic heterocycles. The predicted octanol–water partition coefficient (Wildman–Crippen LogP) is 5.08. The summed E-state index contributed by atoms with van der Waals surface area (Å²) in [6, 6.07) is 5.21. The summed E-state index contributed by atoms with van der Waals surface area (Å²) in [6.45, 7) is 8.72. The van der Waals surface area contributed by atoms with E-state index in [2.05, 4.69) is 14.9 Å². The van der Waals surface area contributed by atoms with Crippen LogP contribution < -0.4 is 0 Å². The molecule has 0 spiro atoms. The summed E-state index contributed by atoms with van der Waals surface area (Å²) in [5, 5.41) is 0.646. The number of nitrogens with zero attached hydrogens (tertiary/aromatic N) is 2. The van der Waals surface area contributed by atoms with Crippen LogP contribution in [0, 0.1) is 13.8 Å². The summed E-state index contributed by atoms with van der Waals surface area (Å²) < 4.78 is 5.94. The van der Waals surface area contributed by atoms with Crippen LogP contribution in [0.5, 0.6) is 0 Å². The molecular weight excluding hydrogens is 402 g/mol. The van der Waals surface area contributed by atoms with Gasteiger partial charge in [0.15, 0.2) is 23.0 Å². The molecule has 1 N–H and O–H groups in total. The molecule has 30 heavy (non-hydrogen) atoms. The molecule has 1 atom stereocenters. The van der Waals surface area contributed by atoms with Gasteiger partial charge in [-0.1, -0.05) is 11.6 Å². The summed E-state index contributed by atoms with van der Waals surface area (Å²) >= 11 is 6.05. The highest BCUT2D eigenvalue weighted by molar-refractivity contribution is 6.31. The van der Waals surface area contributed by atoms with Crippen LogP contribution >= 0.6 is 11.6 Å². The van der Waals surface area contributed by atoms with Crippen molar-refractivity contribution in [3.63, 3.8) is 0 Å². The first-order valence-electron chi connectivity index (χ1n) is 10.3. The largest absolute Gasteiger partial charge is 0.440 e. The molecule has 0 aliphatic carbocycles. The molecule has 6 nitrogen and oxygen atoms in total. The van der Waals surface area contributed by atoms with E-state index in [1.165, 1.54) is 6.92 Å². The summed E-state index contributed by atoms with van der Waals surface area (Å²) in [4.78, 5) is 35.0. The van der Waals surface area contributed by atoms with E-state index in [9.17, 15) is 9.59 Å². The standard InChI is InChI=1S/C23H26ClN3O3/c1-12-20(15(4)28)13(2)25-21(12)22(29)14(3)27-9-7-16(8-10-27)23-26-18-11-17(24)5-6-19(18)30-23/h5-6,11,14,16,25H,7-10H2,1-4H3. The number of Topliss-reactive ketones (excluding diaryl/α,β-unsaturated/α-hetero) is 2. The van der Waals surface area contributed by atoms with Gasteiger partial charge in [-0.05, 0) is 77.4 Å². The maximum atomic E-state index is 13.1. The molecular formula is C23H26ClN3O3. The van der Waals surface area contributed by atoms with Crippen molar-refractivity contribution in [3.8, 4) is 0 Å². The summed E-state index contributed by atoms with van der Waals surface area (Å²) in [7, 11) is 0. The Morgan fingerprint density at radius 2 is 1.97 bits per heavy atom. The highest BCUT2D eigenvalue weighted by Gasteiger charge is 2.32. The number of carbonyl (C=O) groups excluding carboxylic acids is 2. The van der Waals surface area contributed by atoms with E-state index in [-0.39, 0.29) is 23.5 Å². The molecule has 1 fully saturated rings. The summed E-state index contributed by atoms with van der Waals surface area (Å²) in [5.41, 5.74) is 4.20. The average molecular weight is 428 g/mol. The van der Waals surface area contributed by atoms with Crippen LogP contribution in [-0.2, 0) is 0 Å². The van der Waals surface area contributed by atoms with Gasteiger partial charge < -0.3 is 9.40 Å². The molecule has 0 amide bonds. The molecule has 1 aromatic carbocycles. The molecule has 1 aliphatic rings. The molecule has 0 saturated carbocycles. The molecule has 3 aromatic rings. The van der Waals surface area contributed by atoms with Gasteiger partial charge in [-0.3, -0.25) is 14.5 Å². The lowest BCUT2D eigenvalue weighted by atomic mass is 9.94. The van der Waals surface area contributed by atoms with Crippen molar-refractivity contribution < 1.29 is 14.0 Å². The molecule has 1 aliphatic heterocycles. The van der Waals surface area contributed by atoms with E-state index < -0.39 is 0 Å². The number of likely N-dealkylation sites (tertiary alicyclic amines) is 1. The number of hydrogen-bond donors (Lipinski definition) is 1. The van der Waals surface area contributed by atoms with Crippen molar-refractivity contribution in [2.75, 3.05) is 13.1 Å². The molecule has 0 radical (unpaired) electrons. The van der Waals surface area contributed by atoms with E-state index in [1.807, 2.05) is 32.9 Å². The Morgan fingerprint density at radius 1 is 1.27 bits per heavy atom. The fraction of sp³-hybridized carbons (Fsp3) is 0.435. The number of oxazole rings is 1. The average Bonchev–Trinajstić information content (AvgIpc) is 3.26. The van der Waals surface area contributed by atoms with E-state index in [0.717, 1.165) is 54.2 Å². The van der Waals surface area contributed by atoms with E-state index >= 15 is 0 Å². The van der Waals surface area contributed by atoms with E-state index in [1.54, 1.807) is 6.07 Å². The number of nitrogens with one attached hydrogen (secondary N) is 1. The third-order valence-electron chi connectivity index (χ3n) is 6.21. The molecule has 4 rings (SSSR count). The van der Waals surface area contributed by atoms with Crippen LogP contribution in [0.25, 0.3) is 11.1 Å². The van der Waals surface area contributed by atoms with Crippen LogP contribution in [0.2, 0.25) is 5.02 Å². The number of halogens is 1. The number of aromatic nitrogens is 2. The SMILES string of the molecule is CC(=O)c1c(C)[nH]c(C(=O)C(C)N2CCC(c3nc4cc(Cl)ccc4o3)CC2)c1C. The smallest absolute Gasteiger partial charge is 0.198 e. The molecule has 3 heterocycles. The maximum Gasteiger partial charge on any atom is 0.198 e. The fourth-order valence-electron chi connectivity index (χ4n) is 4.53. The van der Waals surface area contributed by atoms with Crippen LogP contribution in [0.3, 0.4) is 0 Å². The number of H-pyrrole nitrogens is 1. The third-order valence-corrected chi connectivity index (χ3v) is 6.44. The Kier molecular flexibility index (Phi) is 5.55. The quantitative estimate of drug-likeness (QED) is 0.574. The zero-order valence-electron chi connectivity index (χ0n) is 17.7. The van der Waals surface area contributed by atoms with Crippen molar-refractivity contribution in [2.45, 2.75) is 52.5 Å². The second kappa shape index (κ2) is 8.00. The Hall–Kier alpha value is -2.44. The van der Waals surface area contributed by atoms with Gasteiger partial charge in [-0.25, -0.2) is 4.98 Å². The first kappa shape index (κ1) is 20.8. The van der Waals surface area contributed by atoms with Crippen molar-refractivity contribution >= 4 is 34.3 Å². The molecule has 1 unspecified atom stereocenters. The van der Waals surface area contributed by atoms with E-state index in [0.29, 0.717) is 16.3 Å². The highest BCUT2D eigenvalue weighted by atomic mass is 35.5. The number of hydrogen-bond acceptors (Lipinski definition) is 5. The minimum Gasteiger partial charge on any atom is -0.440 e. The van der Waals surface area contributed by atoms with Crippen LogP contribution in [0.15, 0.2) is 22.6 Å². The van der Waals surface area contributed by atoms with Gasteiger partial charge in [-0.15, -0.1) is 0 Å². The minimum atomic E-state index is -0.259. The number of rotatable bonds is 5. The van der Waals surface area contributed by atoms with Crippen LogP contribution in [-0.4, -0.2) is 45.6 Å². The van der Waals surface area contributed by atoms with Gasteiger partial charge in [0.1, 0.15) is 5.52 Å². The molecule has 7 heteroatoms. The fourth-order valence-corrected chi connectivity index (χ4v) is 4.69. The van der Waals surface area contributed by atoms with Crippen LogP contribution in [0.4, 0.5) is 0 Å². The zero-order chi connectivity index (χ0) is 21.6. The van der Waals surface area contributed by atoms with Gasteiger partial charge in [0, 0.05) is 22.2 Å². The Balaban J connectivity index is 1.45. The highest BCUT2D eigenvalue weighted by Crippen LogP contribution is 2.32. The summed E-state index contributed by atoms with van der Waals surface area (Å²) in [6.07, 6.45) is 1.75. The van der Waals surface area contributed by atoms with E-state index in [4.69, 9.17) is 16.0 Å². The van der Waals surface area contributed by atoms with Crippen molar-refractivity contribution in [2.24, 2.45) is 0 Å². The first-order valence-corrected chi connectivity index (χ1v) is 10.7. The molecule has 158 valence electrons. The minimum absolute atomic E-state index is 0.0200. The first-order chi connectivity index (χ1) is 14.3. The van der Waals surface area contributed by atoms with Crippen molar-refractivity contribution in [1.29, 1.82) is 0 Å². The number of carbonyl (C=O) groups is 2. The summed E-state index contributed by atoms with van der Waals surface area (Å²) in [5.74, 6) is 0.979. The van der Waals surface area contributed by atoms with Gasteiger partial charge >= 0.3 is 0 Å². The van der Waals surface area contributed by atoms with Gasteiger partial charge in [0.05, 0.1) is 11.7 Å². The number of aryl methyl sites for hydroxylation is 1. The number of piperidine rings is 1. The van der Waals surface area contributed by atoms with Gasteiger partial charge in [0.2, 0.25) is 0 Å². The second-order valence-electron chi connectivity index (χ2n) is 8.20. The number of aromatic amines is 1. The monoisotopic (exact) mass is 427 g/mol. The van der Waals surface area contributed by atoms with Gasteiger partial charge in [-0.2, -0.15) is 0 Å². The topological polar surface area (TPSA) is 79.2 Å². The lowest BCUT2D eigenvalue weighted by Crippen LogP contribution is -2.44. The Bertz CT molecular complexity index is 1120. The predicted molar refractivity (Wildman–Crippen MR) is 117 cm³/mol. The molecule has 1 saturated heterocycles. The Morgan fingerprint density at radius 3 is 2.60 bits per heavy atom. The molecule has 0 bridgehead atoms. The van der Waals surface area contributed by atoms with Gasteiger partial charge in [0.25, 0.3) is 0 Å². The zero-order valence-corrected chi connectivity index (χ0v) is 18.5. The number of ketones is 2. The maximum absolute atomic E-state index is 13.1. The lowest BCUT2D eigenvalue weighted by molar-refractivity contribution is 0.0785. The Labute approximate surface area is 180 Å². The van der Waals surface area contributed by atoms with Crippen molar-refractivity contribution in [1.82, 2.24) is 14.9 Å². The van der Waals surface area contributed by atoms with Crippen molar-refractivity contribution in [3.05, 3.63) is 51.6 Å². The number of fused-ring (bicyclic) bond motifs is 1. The van der Waals surface area contributed by atoms with Crippen LogP contribution in [0.1, 0.15) is 70.6 Å².